The smallest absolute Gasteiger partial charge is 0.656 e. The number of amides is 2. The number of carbonyl (C=O) groups is 2. The molecular weight excluding hydrogens is 535 g/mol. The second kappa shape index (κ2) is 13.1. The number of nitrogens with zero attached hydrogens (tertiary/aromatic N) is 2. The zero-order valence-corrected chi connectivity index (χ0v) is 25.4. The Morgan fingerprint density at radius 3 is 2.03 bits per heavy atom. The van der Waals surface area contributed by atoms with Gasteiger partial charge in [-0.15, -0.1) is 24.2 Å². The maximum Gasteiger partial charge on any atom is 2.00 e. The Kier molecular flexibility index (Phi) is 10.5. The fourth-order valence-corrected chi connectivity index (χ4v) is 9.15. The second-order valence-electron chi connectivity index (χ2n) is 13.9. The van der Waals surface area contributed by atoms with Gasteiger partial charge in [-0.05, 0) is 37.0 Å². The van der Waals surface area contributed by atoms with Crippen LogP contribution in [-0.2, 0) is 26.4 Å². The summed E-state index contributed by atoms with van der Waals surface area (Å²) in [5.74, 6) is 2.53. The molecule has 5 heterocycles. The van der Waals surface area contributed by atoms with Crippen LogP contribution in [-0.4, -0.2) is 60.1 Å². The predicted octanol–water partition coefficient (Wildman–Crippen LogP) is 3.58. The third kappa shape index (κ3) is 7.03. The summed E-state index contributed by atoms with van der Waals surface area (Å²) in [4.78, 5) is 23.5. The molecule has 0 aromatic heterocycles. The summed E-state index contributed by atoms with van der Waals surface area (Å²) in [6.07, 6.45) is 9.19. The molecule has 0 aromatic carbocycles. The van der Waals surface area contributed by atoms with Crippen LogP contribution >= 0.6 is 0 Å². The first-order valence-corrected chi connectivity index (χ1v) is 15.6. The molecule has 5 saturated heterocycles. The summed E-state index contributed by atoms with van der Waals surface area (Å²) >= 11 is 0. The van der Waals surface area contributed by atoms with Crippen molar-refractivity contribution in [2.45, 2.75) is 140 Å². The average molecular weight is 588 g/mol. The standard InChI is InChI=1S/C30H52N6O2.Co/c1-15-9-20-12-25-17(3)21(5-7-29(31)37)27(35-25)14-28-22(6-8-30(32)38)18(4)26(36-28)13-24-16(2)10-19(34-24)11-23(15)33-20;/h15-28,33,36H,5-14H2,1-4H3,(H2,31,37)(H2,32,38);/q-2;+2. The van der Waals surface area contributed by atoms with E-state index >= 15 is 0 Å². The number of primary amides is 2. The van der Waals surface area contributed by atoms with Crippen LogP contribution in [0.4, 0.5) is 0 Å². The van der Waals surface area contributed by atoms with Gasteiger partial charge in [0.25, 0.3) is 0 Å². The normalized spacial score (nSPS) is 47.6. The third-order valence-electron chi connectivity index (χ3n) is 11.4. The molecule has 5 aliphatic heterocycles. The summed E-state index contributed by atoms with van der Waals surface area (Å²) in [5, 5.41) is 18.9. The van der Waals surface area contributed by atoms with Crippen molar-refractivity contribution in [3.63, 3.8) is 0 Å². The molecule has 9 heteroatoms. The quantitative estimate of drug-likeness (QED) is 0.377. The Bertz CT molecular complexity index is 861. The van der Waals surface area contributed by atoms with Crippen LogP contribution in [0.1, 0.15) is 91.9 Å². The Labute approximate surface area is 246 Å². The van der Waals surface area contributed by atoms with Gasteiger partial charge >= 0.3 is 16.8 Å². The minimum atomic E-state index is -0.216. The van der Waals surface area contributed by atoms with E-state index in [1.54, 1.807) is 0 Å². The van der Waals surface area contributed by atoms with Gasteiger partial charge in [0.1, 0.15) is 0 Å². The molecule has 0 aliphatic carbocycles. The van der Waals surface area contributed by atoms with Crippen molar-refractivity contribution in [1.82, 2.24) is 10.6 Å². The Balaban J connectivity index is 0.00000353. The molecule has 39 heavy (non-hydrogen) atoms. The molecule has 8 bridgehead atoms. The molecule has 2 amide bonds. The summed E-state index contributed by atoms with van der Waals surface area (Å²) in [6, 6.07) is 3.13. The molecule has 0 aromatic rings. The van der Waals surface area contributed by atoms with E-state index < -0.39 is 0 Å². The third-order valence-corrected chi connectivity index (χ3v) is 11.4. The van der Waals surface area contributed by atoms with Gasteiger partial charge in [-0.25, -0.2) is 0 Å². The van der Waals surface area contributed by atoms with Gasteiger partial charge in [0.05, 0.1) is 0 Å². The number of nitrogens with one attached hydrogen (secondary N) is 2. The van der Waals surface area contributed by atoms with E-state index in [0.29, 0.717) is 90.6 Å². The van der Waals surface area contributed by atoms with Crippen LogP contribution in [0.3, 0.4) is 0 Å². The van der Waals surface area contributed by atoms with E-state index in [4.69, 9.17) is 22.1 Å². The molecule has 0 spiro atoms. The van der Waals surface area contributed by atoms with Crippen molar-refractivity contribution in [3.8, 4) is 0 Å². The van der Waals surface area contributed by atoms with E-state index in [1.165, 1.54) is 12.8 Å². The number of nitrogens with two attached hydrogens (primary N) is 2. The van der Waals surface area contributed by atoms with Crippen LogP contribution in [0.25, 0.3) is 10.6 Å². The molecule has 223 valence electrons. The maximum absolute atomic E-state index is 11.8. The summed E-state index contributed by atoms with van der Waals surface area (Å²) in [6.45, 7) is 9.51. The Morgan fingerprint density at radius 2 is 1.33 bits per heavy atom. The number of fused-ring (bicyclic) bond motifs is 8. The van der Waals surface area contributed by atoms with E-state index in [9.17, 15) is 9.59 Å². The number of hydrogen-bond donors (Lipinski definition) is 4. The van der Waals surface area contributed by atoms with Crippen LogP contribution in [0, 0.1) is 35.5 Å². The van der Waals surface area contributed by atoms with E-state index in [0.717, 1.165) is 38.5 Å². The molecule has 1 radical (unpaired) electrons. The minimum Gasteiger partial charge on any atom is -0.656 e. The first kappa shape index (κ1) is 31.2. The average Bonchev–Trinajstić information content (AvgIpc) is 3.53. The first-order valence-electron chi connectivity index (χ1n) is 15.6. The Hall–Kier alpha value is -0.714. The predicted molar refractivity (Wildman–Crippen MR) is 151 cm³/mol. The van der Waals surface area contributed by atoms with E-state index in [-0.39, 0.29) is 34.6 Å². The molecule has 0 saturated carbocycles. The van der Waals surface area contributed by atoms with Crippen LogP contribution in [0.5, 0.6) is 0 Å². The monoisotopic (exact) mass is 587 g/mol. The van der Waals surface area contributed by atoms with Crippen molar-refractivity contribution >= 4 is 11.8 Å². The molecule has 14 atom stereocenters. The van der Waals surface area contributed by atoms with Crippen LogP contribution < -0.4 is 22.1 Å². The zero-order chi connectivity index (χ0) is 27.1. The molecule has 5 fully saturated rings. The zero-order valence-electron chi connectivity index (χ0n) is 24.4. The minimum absolute atomic E-state index is 0. The summed E-state index contributed by atoms with van der Waals surface area (Å²) < 4.78 is 0. The maximum atomic E-state index is 11.8. The van der Waals surface area contributed by atoms with Gasteiger partial charge in [-0.3, -0.25) is 9.59 Å². The largest absolute Gasteiger partial charge is 2.00 e. The van der Waals surface area contributed by atoms with Crippen molar-refractivity contribution < 1.29 is 26.4 Å². The molecule has 5 aliphatic rings. The van der Waals surface area contributed by atoms with Crippen molar-refractivity contribution in [2.24, 2.45) is 47.0 Å². The van der Waals surface area contributed by atoms with Crippen LogP contribution in [0.2, 0.25) is 0 Å². The van der Waals surface area contributed by atoms with Crippen molar-refractivity contribution in [2.75, 3.05) is 0 Å². The van der Waals surface area contributed by atoms with E-state index in [1.807, 2.05) is 0 Å². The molecular formula is C30H52CoN6O2. The summed E-state index contributed by atoms with van der Waals surface area (Å²) in [7, 11) is 0. The topological polar surface area (TPSA) is 138 Å². The van der Waals surface area contributed by atoms with Gasteiger partial charge in [-0.2, -0.15) is 0 Å². The number of carbonyl (C=O) groups excluding carboxylic acids is 2. The van der Waals surface area contributed by atoms with Crippen LogP contribution in [0.15, 0.2) is 0 Å². The fourth-order valence-electron chi connectivity index (χ4n) is 9.15. The van der Waals surface area contributed by atoms with Gasteiger partial charge in [0, 0.05) is 37.0 Å². The summed E-state index contributed by atoms with van der Waals surface area (Å²) in [5.41, 5.74) is 11.2. The fraction of sp³-hybridized carbons (Fsp3) is 0.933. The number of hydrogen-bond acceptors (Lipinski definition) is 4. The molecule has 14 unspecified atom stereocenters. The number of rotatable bonds is 6. The SMILES string of the molecule is CC1CC2CC3NC(CC3C)CC3[N-]C(CC4NC(CC1[N-]2)C(C)C4CCC(N)=O)C(CCC(N)=O)C3C.[Co+2]. The van der Waals surface area contributed by atoms with Crippen molar-refractivity contribution in [1.29, 1.82) is 0 Å². The van der Waals surface area contributed by atoms with Gasteiger partial charge in [0.2, 0.25) is 11.8 Å². The van der Waals surface area contributed by atoms with E-state index in [2.05, 4.69) is 38.3 Å². The molecule has 5 rings (SSSR count). The second-order valence-corrected chi connectivity index (χ2v) is 13.9. The molecule has 8 nitrogen and oxygen atoms in total. The first-order chi connectivity index (χ1) is 18.1. The van der Waals surface area contributed by atoms with Gasteiger partial charge in [-0.1, -0.05) is 77.6 Å². The Morgan fingerprint density at radius 1 is 0.667 bits per heavy atom. The van der Waals surface area contributed by atoms with Gasteiger partial charge in [0.15, 0.2) is 0 Å². The van der Waals surface area contributed by atoms with Crippen molar-refractivity contribution in [3.05, 3.63) is 10.6 Å². The molecule has 6 N–H and O–H groups in total. The van der Waals surface area contributed by atoms with Gasteiger partial charge < -0.3 is 32.7 Å².